The molecule has 138 valence electrons. The van der Waals surface area contributed by atoms with Crippen molar-refractivity contribution in [1.29, 1.82) is 0 Å². The zero-order valence-corrected chi connectivity index (χ0v) is 14.4. The molecular weight excluding hydrogens is 345 g/mol. The Labute approximate surface area is 149 Å². The van der Waals surface area contributed by atoms with Crippen molar-refractivity contribution in [1.82, 2.24) is 5.32 Å². The Morgan fingerprint density at radius 2 is 1.65 bits per heavy atom. The number of nitrogens with two attached hydrogens (primary N) is 1. The number of nitrogens with one attached hydrogen (secondary N) is 1. The van der Waals surface area contributed by atoms with E-state index in [2.05, 4.69) is 5.32 Å². The number of primary amides is 1. The molecular formula is C19H19F3N2O2. The van der Waals surface area contributed by atoms with Crippen molar-refractivity contribution < 1.29 is 22.8 Å². The maximum absolute atomic E-state index is 12.6. The van der Waals surface area contributed by atoms with Crippen LogP contribution >= 0.6 is 0 Å². The van der Waals surface area contributed by atoms with Gasteiger partial charge in [0.15, 0.2) is 0 Å². The first kappa shape index (κ1) is 19.5. The highest BCUT2D eigenvalue weighted by molar-refractivity contribution is 5.97. The van der Waals surface area contributed by atoms with Gasteiger partial charge in [-0.3, -0.25) is 9.59 Å². The summed E-state index contributed by atoms with van der Waals surface area (Å²) in [6.07, 6.45) is -4.28. The molecule has 0 aliphatic carbocycles. The molecule has 2 rings (SSSR count). The summed E-state index contributed by atoms with van der Waals surface area (Å²) in [6.45, 7) is 3.88. The first-order valence-electron chi connectivity index (χ1n) is 7.91. The van der Waals surface area contributed by atoms with Gasteiger partial charge < -0.3 is 11.1 Å². The molecule has 0 aliphatic rings. The minimum Gasteiger partial charge on any atom is -0.368 e. The van der Waals surface area contributed by atoms with Crippen molar-refractivity contribution in [3.05, 3.63) is 70.3 Å². The Kier molecular flexibility index (Phi) is 5.69. The number of alkyl halides is 3. The van der Waals surface area contributed by atoms with E-state index in [9.17, 15) is 22.8 Å². The summed E-state index contributed by atoms with van der Waals surface area (Å²) in [6, 6.07) is 8.43. The van der Waals surface area contributed by atoms with E-state index in [1.165, 1.54) is 0 Å². The summed E-state index contributed by atoms with van der Waals surface area (Å²) >= 11 is 0. The Morgan fingerprint density at radius 1 is 1.04 bits per heavy atom. The molecule has 4 nitrogen and oxygen atoms in total. The number of halogens is 3. The molecule has 0 saturated carbocycles. The van der Waals surface area contributed by atoms with Gasteiger partial charge in [-0.15, -0.1) is 0 Å². The van der Waals surface area contributed by atoms with Crippen LogP contribution in [-0.4, -0.2) is 17.9 Å². The van der Waals surface area contributed by atoms with Gasteiger partial charge in [-0.25, -0.2) is 0 Å². The zero-order chi connectivity index (χ0) is 19.5. The largest absolute Gasteiger partial charge is 0.416 e. The van der Waals surface area contributed by atoms with Crippen molar-refractivity contribution in [2.75, 3.05) is 0 Å². The third kappa shape index (κ3) is 4.84. The lowest BCUT2D eigenvalue weighted by atomic mass is 10.00. The average Bonchev–Trinajstić information content (AvgIpc) is 2.56. The fraction of sp³-hybridized carbons (Fsp3) is 0.263. The Balaban J connectivity index is 2.12. The van der Waals surface area contributed by atoms with E-state index in [4.69, 9.17) is 5.73 Å². The molecule has 0 radical (unpaired) electrons. The maximum Gasteiger partial charge on any atom is 0.416 e. The molecule has 0 heterocycles. The summed E-state index contributed by atoms with van der Waals surface area (Å²) in [7, 11) is 0. The van der Waals surface area contributed by atoms with E-state index in [-0.39, 0.29) is 12.0 Å². The molecule has 2 aromatic carbocycles. The average molecular weight is 364 g/mol. The van der Waals surface area contributed by atoms with E-state index in [0.717, 1.165) is 41.0 Å². The van der Waals surface area contributed by atoms with Gasteiger partial charge in [-0.05, 0) is 54.8 Å². The lowest BCUT2D eigenvalue weighted by Crippen LogP contribution is -2.45. The molecule has 0 saturated heterocycles. The molecule has 3 N–H and O–H groups in total. The molecule has 0 bridgehead atoms. The van der Waals surface area contributed by atoms with Crippen LogP contribution in [0, 0.1) is 13.8 Å². The summed E-state index contributed by atoms with van der Waals surface area (Å²) in [5.41, 5.74) is 7.49. The molecule has 0 fully saturated rings. The summed E-state index contributed by atoms with van der Waals surface area (Å²) < 4.78 is 37.7. The van der Waals surface area contributed by atoms with Crippen LogP contribution in [0.4, 0.5) is 13.2 Å². The number of rotatable bonds is 5. The Bertz CT molecular complexity index is 815. The van der Waals surface area contributed by atoms with Gasteiger partial charge in [0.05, 0.1) is 5.56 Å². The molecule has 1 atom stereocenters. The molecule has 0 unspecified atom stereocenters. The smallest absolute Gasteiger partial charge is 0.368 e. The van der Waals surface area contributed by atoms with Crippen LogP contribution in [0.5, 0.6) is 0 Å². The highest BCUT2D eigenvalue weighted by Gasteiger charge is 2.30. The Hall–Kier alpha value is -2.83. The van der Waals surface area contributed by atoms with Gasteiger partial charge in [-0.1, -0.05) is 18.2 Å². The number of hydrogen-bond donors (Lipinski definition) is 2. The second-order valence-electron chi connectivity index (χ2n) is 6.13. The van der Waals surface area contributed by atoms with E-state index in [0.29, 0.717) is 0 Å². The minimum absolute atomic E-state index is 0.0179. The van der Waals surface area contributed by atoms with Gasteiger partial charge in [-0.2, -0.15) is 13.2 Å². The van der Waals surface area contributed by atoms with E-state index >= 15 is 0 Å². The normalized spacial score (nSPS) is 12.5. The van der Waals surface area contributed by atoms with Gasteiger partial charge in [0.25, 0.3) is 5.91 Å². The summed E-state index contributed by atoms with van der Waals surface area (Å²) in [5, 5.41) is 2.48. The van der Waals surface area contributed by atoms with Gasteiger partial charge in [0.1, 0.15) is 6.04 Å². The van der Waals surface area contributed by atoms with Crippen LogP contribution in [0.25, 0.3) is 0 Å². The SMILES string of the molecule is Cc1ccc(C[C@H](NC(=O)c2ccc(C(F)(F)F)cc2)C(N)=O)cc1C. The number of carbonyl (C=O) groups excluding carboxylic acids is 2. The summed E-state index contributed by atoms with van der Waals surface area (Å²) in [5.74, 6) is -1.38. The fourth-order valence-corrected chi connectivity index (χ4v) is 2.44. The third-order valence-corrected chi connectivity index (χ3v) is 4.13. The molecule has 0 spiro atoms. The highest BCUT2D eigenvalue weighted by atomic mass is 19.4. The van der Waals surface area contributed by atoms with Crippen molar-refractivity contribution >= 4 is 11.8 Å². The number of hydrogen-bond acceptors (Lipinski definition) is 2. The van der Waals surface area contributed by atoms with Crippen LogP contribution in [-0.2, 0) is 17.4 Å². The van der Waals surface area contributed by atoms with Crippen LogP contribution < -0.4 is 11.1 Å². The predicted molar refractivity (Wildman–Crippen MR) is 91.5 cm³/mol. The topological polar surface area (TPSA) is 72.2 Å². The lowest BCUT2D eigenvalue weighted by molar-refractivity contribution is -0.137. The van der Waals surface area contributed by atoms with Gasteiger partial charge in [0.2, 0.25) is 5.91 Å². The monoisotopic (exact) mass is 364 g/mol. The number of benzene rings is 2. The van der Waals surface area contributed by atoms with Gasteiger partial charge in [0, 0.05) is 12.0 Å². The number of aryl methyl sites for hydroxylation is 2. The second-order valence-corrected chi connectivity index (χ2v) is 6.13. The first-order valence-corrected chi connectivity index (χ1v) is 7.91. The van der Waals surface area contributed by atoms with Crippen LogP contribution in [0.1, 0.15) is 32.6 Å². The highest BCUT2D eigenvalue weighted by Crippen LogP contribution is 2.29. The lowest BCUT2D eigenvalue weighted by Gasteiger charge is -2.16. The standard InChI is InChI=1S/C19H19F3N2O2/c1-11-3-4-13(9-12(11)2)10-16(17(23)25)24-18(26)14-5-7-15(8-6-14)19(20,21)22/h3-9,16H,10H2,1-2H3,(H2,23,25)(H,24,26)/t16-/m0/s1. The quantitative estimate of drug-likeness (QED) is 0.856. The van der Waals surface area contributed by atoms with Crippen molar-refractivity contribution in [2.24, 2.45) is 5.73 Å². The van der Waals surface area contributed by atoms with Crippen molar-refractivity contribution in [2.45, 2.75) is 32.5 Å². The molecule has 2 amide bonds. The molecule has 7 heteroatoms. The fourth-order valence-electron chi connectivity index (χ4n) is 2.44. The molecule has 26 heavy (non-hydrogen) atoms. The van der Waals surface area contributed by atoms with Crippen LogP contribution in [0.2, 0.25) is 0 Å². The summed E-state index contributed by atoms with van der Waals surface area (Å²) in [4.78, 5) is 23.9. The molecule has 2 aromatic rings. The van der Waals surface area contributed by atoms with Crippen molar-refractivity contribution in [3.63, 3.8) is 0 Å². The van der Waals surface area contributed by atoms with Crippen LogP contribution in [0.3, 0.4) is 0 Å². The zero-order valence-electron chi connectivity index (χ0n) is 14.4. The minimum atomic E-state index is -4.48. The first-order chi connectivity index (χ1) is 12.1. The third-order valence-electron chi connectivity index (χ3n) is 4.13. The molecule has 0 aromatic heterocycles. The van der Waals surface area contributed by atoms with E-state index in [1.54, 1.807) is 0 Å². The number of amides is 2. The van der Waals surface area contributed by atoms with Gasteiger partial charge >= 0.3 is 6.18 Å². The van der Waals surface area contributed by atoms with Crippen molar-refractivity contribution in [3.8, 4) is 0 Å². The van der Waals surface area contributed by atoms with E-state index in [1.807, 2.05) is 32.0 Å². The maximum atomic E-state index is 12.6. The predicted octanol–water partition coefficient (Wildman–Crippen LogP) is 3.15. The number of carbonyl (C=O) groups is 2. The molecule has 0 aliphatic heterocycles. The van der Waals surface area contributed by atoms with E-state index < -0.39 is 29.6 Å². The Morgan fingerprint density at radius 3 is 2.15 bits per heavy atom. The van der Waals surface area contributed by atoms with Crippen LogP contribution in [0.15, 0.2) is 42.5 Å². The second kappa shape index (κ2) is 7.59.